The number of nitrogens with zero attached hydrogens (tertiary/aromatic N) is 5. The summed E-state index contributed by atoms with van der Waals surface area (Å²) in [5, 5.41) is 26.5. The number of para-hydroxylation sites is 2. The molecule has 2 heterocycles. The van der Waals surface area contributed by atoms with Crippen LogP contribution in [0.2, 0.25) is 0 Å². The van der Waals surface area contributed by atoms with Gasteiger partial charge in [0.1, 0.15) is 10.7 Å². The SMILES string of the molecule is CCc1nnc(NC(=O)c2nn(-c3ccccc3[N+](=O)[O-])c(C)cc2=O)s1. The third-order valence-electron chi connectivity index (χ3n) is 3.62. The molecule has 1 aromatic carbocycles. The van der Waals surface area contributed by atoms with Crippen LogP contribution in [0.1, 0.15) is 28.1 Å². The lowest BCUT2D eigenvalue weighted by atomic mass is 10.2. The molecule has 0 aliphatic carbocycles. The number of hydrogen-bond acceptors (Lipinski definition) is 8. The molecule has 0 aliphatic rings. The Morgan fingerprint density at radius 1 is 1.33 bits per heavy atom. The molecule has 0 bridgehead atoms. The van der Waals surface area contributed by atoms with Crippen LogP contribution in [0.4, 0.5) is 10.8 Å². The number of nitro benzene ring substituents is 1. The van der Waals surface area contributed by atoms with Gasteiger partial charge in [-0.2, -0.15) is 5.10 Å². The summed E-state index contributed by atoms with van der Waals surface area (Å²) in [5.41, 5.74) is -0.680. The summed E-state index contributed by atoms with van der Waals surface area (Å²) in [6.45, 7) is 3.48. The number of hydrogen-bond donors (Lipinski definition) is 1. The third kappa shape index (κ3) is 3.72. The molecule has 11 heteroatoms. The van der Waals surface area contributed by atoms with Crippen LogP contribution < -0.4 is 10.7 Å². The van der Waals surface area contributed by atoms with Crippen molar-refractivity contribution in [2.24, 2.45) is 0 Å². The van der Waals surface area contributed by atoms with Crippen molar-refractivity contribution in [3.63, 3.8) is 0 Å². The Labute approximate surface area is 156 Å². The Bertz CT molecular complexity index is 1090. The highest BCUT2D eigenvalue weighted by Crippen LogP contribution is 2.22. The zero-order valence-electron chi connectivity index (χ0n) is 14.4. The van der Waals surface area contributed by atoms with E-state index in [-0.39, 0.29) is 16.5 Å². The summed E-state index contributed by atoms with van der Waals surface area (Å²) in [4.78, 5) is 35.4. The Kier molecular flexibility index (Phi) is 5.03. The van der Waals surface area contributed by atoms with Gasteiger partial charge in [-0.05, 0) is 19.4 Å². The molecular formula is C16H14N6O4S. The maximum absolute atomic E-state index is 12.5. The maximum atomic E-state index is 12.5. The molecule has 0 fully saturated rings. The molecule has 138 valence electrons. The highest BCUT2D eigenvalue weighted by molar-refractivity contribution is 7.15. The first-order valence-corrected chi connectivity index (χ1v) is 8.71. The van der Waals surface area contributed by atoms with Gasteiger partial charge in [-0.3, -0.25) is 25.0 Å². The minimum absolute atomic E-state index is 0.151. The van der Waals surface area contributed by atoms with Crippen LogP contribution in [0.25, 0.3) is 5.69 Å². The summed E-state index contributed by atoms with van der Waals surface area (Å²) in [5.74, 6) is -0.758. The first-order chi connectivity index (χ1) is 12.9. The van der Waals surface area contributed by atoms with Gasteiger partial charge in [0.25, 0.3) is 11.6 Å². The van der Waals surface area contributed by atoms with E-state index in [9.17, 15) is 19.7 Å². The van der Waals surface area contributed by atoms with E-state index in [2.05, 4.69) is 20.6 Å². The molecule has 10 nitrogen and oxygen atoms in total. The molecule has 0 saturated heterocycles. The van der Waals surface area contributed by atoms with Gasteiger partial charge in [-0.15, -0.1) is 10.2 Å². The normalized spacial score (nSPS) is 10.6. The van der Waals surface area contributed by atoms with E-state index < -0.39 is 22.0 Å². The van der Waals surface area contributed by atoms with Crippen LogP contribution in [0.5, 0.6) is 0 Å². The van der Waals surface area contributed by atoms with E-state index in [0.29, 0.717) is 12.1 Å². The molecule has 0 saturated carbocycles. The van der Waals surface area contributed by atoms with Crippen LogP contribution in [0.15, 0.2) is 35.1 Å². The Morgan fingerprint density at radius 3 is 2.74 bits per heavy atom. The lowest BCUT2D eigenvalue weighted by Crippen LogP contribution is -2.27. The number of anilines is 1. The van der Waals surface area contributed by atoms with E-state index >= 15 is 0 Å². The predicted octanol–water partition coefficient (Wildman–Crippen LogP) is 2.12. The molecule has 0 unspecified atom stereocenters. The van der Waals surface area contributed by atoms with Crippen molar-refractivity contribution in [3.8, 4) is 5.69 Å². The molecule has 0 aliphatic heterocycles. The van der Waals surface area contributed by atoms with Crippen LogP contribution in [0, 0.1) is 17.0 Å². The first-order valence-electron chi connectivity index (χ1n) is 7.89. The van der Waals surface area contributed by atoms with Gasteiger partial charge < -0.3 is 0 Å². The molecule has 27 heavy (non-hydrogen) atoms. The number of aromatic nitrogens is 4. The lowest BCUT2D eigenvalue weighted by Gasteiger charge is -2.11. The van der Waals surface area contributed by atoms with Crippen molar-refractivity contribution in [2.75, 3.05) is 5.32 Å². The van der Waals surface area contributed by atoms with E-state index in [0.717, 1.165) is 5.01 Å². The molecule has 1 amide bonds. The van der Waals surface area contributed by atoms with Gasteiger partial charge in [0.15, 0.2) is 5.69 Å². The number of aryl methyl sites for hydroxylation is 2. The minimum atomic E-state index is -0.758. The fourth-order valence-corrected chi connectivity index (χ4v) is 3.02. The maximum Gasteiger partial charge on any atom is 0.294 e. The third-order valence-corrected chi connectivity index (χ3v) is 4.60. The van der Waals surface area contributed by atoms with Crippen molar-refractivity contribution in [2.45, 2.75) is 20.3 Å². The lowest BCUT2D eigenvalue weighted by molar-refractivity contribution is -0.384. The number of nitrogens with one attached hydrogen (secondary N) is 1. The van der Waals surface area contributed by atoms with Crippen molar-refractivity contribution >= 4 is 28.1 Å². The number of carbonyl (C=O) groups excluding carboxylic acids is 1. The number of rotatable bonds is 5. The molecular weight excluding hydrogens is 372 g/mol. The average molecular weight is 386 g/mol. The highest BCUT2D eigenvalue weighted by Gasteiger charge is 2.21. The second-order valence-corrected chi connectivity index (χ2v) is 6.53. The number of nitro groups is 1. The molecule has 1 N–H and O–H groups in total. The first kappa shape index (κ1) is 18.3. The van der Waals surface area contributed by atoms with Gasteiger partial charge in [0.05, 0.1) is 4.92 Å². The smallest absolute Gasteiger partial charge is 0.294 e. The van der Waals surface area contributed by atoms with Gasteiger partial charge in [0.2, 0.25) is 10.6 Å². The number of benzene rings is 1. The van der Waals surface area contributed by atoms with Crippen molar-refractivity contribution in [3.05, 3.63) is 67.1 Å². The van der Waals surface area contributed by atoms with Gasteiger partial charge in [-0.1, -0.05) is 30.4 Å². The van der Waals surface area contributed by atoms with E-state index in [1.807, 2.05) is 6.92 Å². The summed E-state index contributed by atoms with van der Waals surface area (Å²) >= 11 is 1.19. The average Bonchev–Trinajstić information content (AvgIpc) is 3.09. The zero-order chi connectivity index (χ0) is 19.6. The Morgan fingerprint density at radius 2 is 2.07 bits per heavy atom. The fourth-order valence-electron chi connectivity index (χ4n) is 2.35. The van der Waals surface area contributed by atoms with Crippen molar-refractivity contribution in [1.29, 1.82) is 0 Å². The topological polar surface area (TPSA) is 133 Å². The zero-order valence-corrected chi connectivity index (χ0v) is 15.2. The second-order valence-electron chi connectivity index (χ2n) is 5.46. The number of carbonyl (C=O) groups is 1. The minimum Gasteiger partial charge on any atom is -0.295 e. The molecule has 2 aromatic heterocycles. The van der Waals surface area contributed by atoms with Gasteiger partial charge >= 0.3 is 0 Å². The summed E-state index contributed by atoms with van der Waals surface area (Å²) < 4.78 is 1.20. The molecule has 3 rings (SSSR count). The van der Waals surface area contributed by atoms with Crippen molar-refractivity contribution in [1.82, 2.24) is 20.0 Å². The standard InChI is InChI=1S/C16H14N6O4S/c1-3-13-18-19-16(27-13)17-15(24)14-12(23)8-9(2)21(20-14)10-6-4-5-7-11(10)22(25)26/h4-8H,3H2,1-2H3,(H,17,19,24). The van der Waals surface area contributed by atoms with Gasteiger partial charge in [-0.25, -0.2) is 4.68 Å². The van der Waals surface area contributed by atoms with E-state index in [1.54, 1.807) is 13.0 Å². The van der Waals surface area contributed by atoms with E-state index in [4.69, 9.17) is 0 Å². The molecule has 0 atom stereocenters. The van der Waals surface area contributed by atoms with Crippen molar-refractivity contribution < 1.29 is 9.72 Å². The Balaban J connectivity index is 2.03. The molecule has 0 spiro atoms. The summed E-state index contributed by atoms with van der Waals surface area (Å²) in [6.07, 6.45) is 0.667. The second kappa shape index (κ2) is 7.41. The Hall–Kier alpha value is -3.47. The van der Waals surface area contributed by atoms with Crippen LogP contribution in [-0.2, 0) is 6.42 Å². The van der Waals surface area contributed by atoms with Crippen LogP contribution in [-0.4, -0.2) is 30.8 Å². The summed E-state index contributed by atoms with van der Waals surface area (Å²) in [6, 6.07) is 7.14. The monoisotopic (exact) mass is 386 g/mol. The molecule has 3 aromatic rings. The number of amides is 1. The highest BCUT2D eigenvalue weighted by atomic mass is 32.1. The van der Waals surface area contributed by atoms with Gasteiger partial charge in [0, 0.05) is 17.8 Å². The predicted molar refractivity (Wildman–Crippen MR) is 98.5 cm³/mol. The quantitative estimate of drug-likeness (QED) is 0.524. The largest absolute Gasteiger partial charge is 0.295 e. The fraction of sp³-hybridized carbons (Fsp3) is 0.188. The van der Waals surface area contributed by atoms with Crippen LogP contribution >= 0.6 is 11.3 Å². The summed E-state index contributed by atoms with van der Waals surface area (Å²) in [7, 11) is 0. The van der Waals surface area contributed by atoms with Crippen LogP contribution in [0.3, 0.4) is 0 Å². The van der Waals surface area contributed by atoms with E-state index in [1.165, 1.54) is 40.3 Å². The molecule has 0 radical (unpaired) electrons.